The number of hydrogen-bond donors (Lipinski definition) is 2. The summed E-state index contributed by atoms with van der Waals surface area (Å²) < 4.78 is 0. The van der Waals surface area contributed by atoms with Crippen molar-refractivity contribution < 1.29 is 0 Å². The van der Waals surface area contributed by atoms with Gasteiger partial charge in [0, 0.05) is 8.80 Å². The second-order valence-electron chi connectivity index (χ2n) is 2.74. The van der Waals surface area contributed by atoms with Crippen molar-refractivity contribution in [2.45, 2.75) is 30.8 Å². The zero-order valence-electron chi connectivity index (χ0n) is 6.30. The van der Waals surface area contributed by atoms with E-state index in [2.05, 4.69) is 25.7 Å². The molecule has 3 heteroatoms. The van der Waals surface area contributed by atoms with Gasteiger partial charge in [0.2, 0.25) is 0 Å². The van der Waals surface area contributed by atoms with E-state index in [-0.39, 0.29) is 0 Å². The monoisotopic (exact) mass is 163 g/mol. The summed E-state index contributed by atoms with van der Waals surface area (Å²) in [5.41, 5.74) is 5.36. The molecular formula is C6H17NSSi. The molecule has 0 aliphatic heterocycles. The van der Waals surface area contributed by atoms with Gasteiger partial charge in [0.05, 0.1) is 0 Å². The molecule has 0 aliphatic rings. The molecule has 0 aromatic rings. The van der Waals surface area contributed by atoms with Gasteiger partial charge >= 0.3 is 0 Å². The summed E-state index contributed by atoms with van der Waals surface area (Å²) in [5, 5.41) is 0. The average Bonchev–Trinajstić information content (AvgIpc) is 1.82. The maximum absolute atomic E-state index is 5.36. The van der Waals surface area contributed by atoms with Gasteiger partial charge in [-0.1, -0.05) is 13.1 Å². The van der Waals surface area contributed by atoms with Crippen LogP contribution in [0.15, 0.2) is 0 Å². The normalized spacial score (nSPS) is 14.3. The maximum Gasteiger partial charge on any atom is 0.0454 e. The van der Waals surface area contributed by atoms with Gasteiger partial charge in [-0.15, -0.1) is 0 Å². The van der Waals surface area contributed by atoms with E-state index in [0.717, 1.165) is 13.0 Å². The van der Waals surface area contributed by atoms with Crippen LogP contribution in [-0.2, 0) is 0 Å². The van der Waals surface area contributed by atoms with Gasteiger partial charge in [-0.2, -0.15) is 12.6 Å². The van der Waals surface area contributed by atoms with E-state index in [1.54, 1.807) is 0 Å². The minimum Gasteiger partial charge on any atom is -0.330 e. The molecule has 1 atom stereocenters. The highest BCUT2D eigenvalue weighted by molar-refractivity contribution is 7.82. The van der Waals surface area contributed by atoms with E-state index in [0.29, 0.717) is 4.87 Å². The Morgan fingerprint density at radius 2 is 2.11 bits per heavy atom. The van der Waals surface area contributed by atoms with Crippen molar-refractivity contribution in [1.29, 1.82) is 0 Å². The first-order valence-electron chi connectivity index (χ1n) is 3.56. The molecule has 0 saturated carbocycles. The van der Waals surface area contributed by atoms with E-state index < -0.39 is 8.80 Å². The van der Waals surface area contributed by atoms with Gasteiger partial charge in [0.25, 0.3) is 0 Å². The van der Waals surface area contributed by atoms with E-state index in [1.165, 1.54) is 6.42 Å². The molecule has 0 aromatic carbocycles. The van der Waals surface area contributed by atoms with Crippen LogP contribution in [0.4, 0.5) is 0 Å². The predicted octanol–water partition coefficient (Wildman–Crippen LogP) is 1.05. The number of hydrogen-bond acceptors (Lipinski definition) is 2. The molecule has 9 heavy (non-hydrogen) atoms. The topological polar surface area (TPSA) is 26.0 Å². The van der Waals surface area contributed by atoms with Crippen LogP contribution in [0.1, 0.15) is 12.8 Å². The van der Waals surface area contributed by atoms with Gasteiger partial charge in [-0.05, 0) is 24.3 Å². The minimum absolute atomic E-state index is 0.488. The summed E-state index contributed by atoms with van der Waals surface area (Å²) in [7, 11) is -0.488. The standard InChI is InChI=1S/C6H17NSSi/c1-9(2)6(8)4-3-5-7/h6,8-9H,3-5,7H2,1-2H3. The van der Waals surface area contributed by atoms with Gasteiger partial charge in [0.1, 0.15) is 0 Å². The fourth-order valence-corrected chi connectivity index (χ4v) is 1.75. The quantitative estimate of drug-likeness (QED) is 0.470. The van der Waals surface area contributed by atoms with E-state index in [9.17, 15) is 0 Å². The average molecular weight is 163 g/mol. The summed E-state index contributed by atoms with van der Waals surface area (Å²) in [6.07, 6.45) is 2.35. The fourth-order valence-electron chi connectivity index (χ4n) is 0.660. The molecule has 0 rings (SSSR count). The smallest absolute Gasteiger partial charge is 0.0454 e. The van der Waals surface area contributed by atoms with Crippen molar-refractivity contribution in [3.8, 4) is 0 Å². The lowest BCUT2D eigenvalue weighted by Crippen LogP contribution is -2.19. The maximum atomic E-state index is 5.36. The van der Waals surface area contributed by atoms with Crippen molar-refractivity contribution in [3.05, 3.63) is 0 Å². The number of thiol groups is 1. The second kappa shape index (κ2) is 5.32. The third-order valence-electron chi connectivity index (χ3n) is 1.47. The highest BCUT2D eigenvalue weighted by Gasteiger charge is 2.07. The van der Waals surface area contributed by atoms with E-state index in [1.807, 2.05) is 0 Å². The Hall–Kier alpha value is 0.527. The first kappa shape index (κ1) is 9.53. The second-order valence-corrected chi connectivity index (χ2v) is 7.26. The van der Waals surface area contributed by atoms with Crippen LogP contribution in [-0.4, -0.2) is 20.2 Å². The molecule has 0 aromatic heterocycles. The summed E-state index contributed by atoms with van der Waals surface area (Å²) in [6, 6.07) is 0. The van der Waals surface area contributed by atoms with Crippen LogP contribution in [0, 0.1) is 0 Å². The summed E-state index contributed by atoms with van der Waals surface area (Å²) in [6.45, 7) is 5.47. The van der Waals surface area contributed by atoms with E-state index in [4.69, 9.17) is 5.73 Å². The zero-order valence-corrected chi connectivity index (χ0v) is 8.35. The van der Waals surface area contributed by atoms with Crippen LogP contribution in [0.25, 0.3) is 0 Å². The SMILES string of the molecule is C[SiH](C)C(S)CCCN. The lowest BCUT2D eigenvalue weighted by Gasteiger charge is -2.11. The van der Waals surface area contributed by atoms with Gasteiger partial charge in [-0.25, -0.2) is 0 Å². The van der Waals surface area contributed by atoms with Gasteiger partial charge in [0.15, 0.2) is 0 Å². The molecule has 0 heterocycles. The van der Waals surface area contributed by atoms with Crippen molar-refractivity contribution in [2.75, 3.05) is 6.54 Å². The highest BCUT2D eigenvalue weighted by Crippen LogP contribution is 2.07. The minimum atomic E-state index is -0.488. The van der Waals surface area contributed by atoms with Crippen molar-refractivity contribution >= 4 is 21.4 Å². The molecule has 0 spiro atoms. The van der Waals surface area contributed by atoms with Crippen molar-refractivity contribution in [2.24, 2.45) is 5.73 Å². The van der Waals surface area contributed by atoms with Crippen LogP contribution < -0.4 is 5.73 Å². The summed E-state index contributed by atoms with van der Waals surface area (Å²) >= 11 is 4.47. The highest BCUT2D eigenvalue weighted by atomic mass is 32.1. The molecule has 56 valence electrons. The molecule has 1 nitrogen and oxygen atoms in total. The Labute approximate surface area is 65.0 Å². The molecule has 2 N–H and O–H groups in total. The Morgan fingerprint density at radius 3 is 2.44 bits per heavy atom. The molecule has 0 aliphatic carbocycles. The Bertz CT molecular complexity index is 68.1. The molecular weight excluding hydrogens is 146 g/mol. The first-order valence-corrected chi connectivity index (χ1v) is 7.06. The molecule has 0 radical (unpaired) electrons. The molecule has 0 fully saturated rings. The van der Waals surface area contributed by atoms with Gasteiger partial charge in [-0.3, -0.25) is 0 Å². The lowest BCUT2D eigenvalue weighted by atomic mass is 10.3. The number of nitrogens with two attached hydrogens (primary N) is 1. The van der Waals surface area contributed by atoms with Gasteiger partial charge < -0.3 is 5.73 Å². The number of rotatable bonds is 4. The third kappa shape index (κ3) is 5.00. The molecule has 0 saturated heterocycles. The van der Waals surface area contributed by atoms with Crippen LogP contribution in [0.2, 0.25) is 13.1 Å². The van der Waals surface area contributed by atoms with Crippen LogP contribution >= 0.6 is 12.6 Å². The first-order chi connectivity index (χ1) is 4.18. The largest absolute Gasteiger partial charge is 0.330 e. The molecule has 1 unspecified atom stereocenters. The van der Waals surface area contributed by atoms with E-state index >= 15 is 0 Å². The van der Waals surface area contributed by atoms with Crippen molar-refractivity contribution in [3.63, 3.8) is 0 Å². The van der Waals surface area contributed by atoms with Crippen LogP contribution in [0.3, 0.4) is 0 Å². The summed E-state index contributed by atoms with van der Waals surface area (Å²) in [5.74, 6) is 0. The van der Waals surface area contributed by atoms with Crippen LogP contribution in [0.5, 0.6) is 0 Å². The Balaban J connectivity index is 3.16. The third-order valence-corrected chi connectivity index (χ3v) is 5.39. The fraction of sp³-hybridized carbons (Fsp3) is 1.00. The Morgan fingerprint density at radius 1 is 1.56 bits per heavy atom. The zero-order chi connectivity index (χ0) is 7.28. The predicted molar refractivity (Wildman–Crippen MR) is 49.9 cm³/mol. The summed E-state index contributed by atoms with van der Waals surface area (Å²) in [4.78, 5) is 0.675. The lowest BCUT2D eigenvalue weighted by molar-refractivity contribution is 0.789. The molecule has 0 amide bonds. The molecule has 0 bridgehead atoms. The Kier molecular flexibility index (Phi) is 5.63. The van der Waals surface area contributed by atoms with Crippen molar-refractivity contribution in [1.82, 2.24) is 0 Å².